The SMILES string of the molecule is CCCCCN1c2ccccc2CCC1CN. The average molecular weight is 232 g/mol. The van der Waals surface area contributed by atoms with E-state index < -0.39 is 0 Å². The number of nitrogens with two attached hydrogens (primary N) is 1. The number of nitrogens with zero attached hydrogens (tertiary/aromatic N) is 1. The first-order valence-corrected chi connectivity index (χ1v) is 6.91. The zero-order valence-corrected chi connectivity index (χ0v) is 10.9. The van der Waals surface area contributed by atoms with Crippen LogP contribution in [0.15, 0.2) is 24.3 Å². The molecule has 94 valence electrons. The van der Waals surface area contributed by atoms with E-state index >= 15 is 0 Å². The second-order valence-corrected chi connectivity index (χ2v) is 4.96. The number of aryl methyl sites for hydroxylation is 1. The van der Waals surface area contributed by atoms with E-state index in [4.69, 9.17) is 5.73 Å². The highest BCUT2D eigenvalue weighted by molar-refractivity contribution is 5.56. The maximum Gasteiger partial charge on any atom is 0.0415 e. The van der Waals surface area contributed by atoms with Crippen molar-refractivity contribution < 1.29 is 0 Å². The molecule has 1 heterocycles. The number of rotatable bonds is 5. The molecule has 0 saturated heterocycles. The molecule has 1 aliphatic heterocycles. The van der Waals surface area contributed by atoms with Crippen LogP contribution in [-0.2, 0) is 6.42 Å². The summed E-state index contributed by atoms with van der Waals surface area (Å²) in [7, 11) is 0. The van der Waals surface area contributed by atoms with Crippen molar-refractivity contribution in [2.45, 2.75) is 45.1 Å². The van der Waals surface area contributed by atoms with Gasteiger partial charge in [0.15, 0.2) is 0 Å². The lowest BCUT2D eigenvalue weighted by Gasteiger charge is -2.38. The molecule has 1 aromatic carbocycles. The highest BCUT2D eigenvalue weighted by atomic mass is 15.2. The molecule has 2 N–H and O–H groups in total. The quantitative estimate of drug-likeness (QED) is 0.791. The summed E-state index contributed by atoms with van der Waals surface area (Å²) in [6.45, 7) is 4.19. The summed E-state index contributed by atoms with van der Waals surface area (Å²) in [5.41, 5.74) is 8.83. The summed E-state index contributed by atoms with van der Waals surface area (Å²) in [5, 5.41) is 0. The molecule has 0 saturated carbocycles. The Bertz CT molecular complexity index is 349. The summed E-state index contributed by atoms with van der Waals surface area (Å²) >= 11 is 0. The van der Waals surface area contributed by atoms with Crippen molar-refractivity contribution in [2.24, 2.45) is 5.73 Å². The van der Waals surface area contributed by atoms with Gasteiger partial charge in [0.05, 0.1) is 0 Å². The van der Waals surface area contributed by atoms with Gasteiger partial charge in [0.25, 0.3) is 0 Å². The molecule has 0 spiro atoms. The first-order valence-electron chi connectivity index (χ1n) is 6.91. The van der Waals surface area contributed by atoms with Gasteiger partial charge < -0.3 is 10.6 Å². The number of unbranched alkanes of at least 4 members (excludes halogenated alkanes) is 2. The lowest BCUT2D eigenvalue weighted by atomic mass is 9.95. The van der Waals surface area contributed by atoms with Crippen molar-refractivity contribution in [3.8, 4) is 0 Å². The third kappa shape index (κ3) is 2.81. The van der Waals surface area contributed by atoms with Crippen molar-refractivity contribution in [2.75, 3.05) is 18.0 Å². The lowest BCUT2D eigenvalue weighted by Crippen LogP contribution is -2.44. The van der Waals surface area contributed by atoms with Crippen molar-refractivity contribution in [1.82, 2.24) is 0 Å². The van der Waals surface area contributed by atoms with Crippen molar-refractivity contribution in [1.29, 1.82) is 0 Å². The van der Waals surface area contributed by atoms with Crippen molar-refractivity contribution in [3.05, 3.63) is 29.8 Å². The van der Waals surface area contributed by atoms with Gasteiger partial charge in [0, 0.05) is 24.8 Å². The molecule has 0 amide bonds. The van der Waals surface area contributed by atoms with Gasteiger partial charge in [-0.2, -0.15) is 0 Å². The van der Waals surface area contributed by atoms with Gasteiger partial charge in [-0.25, -0.2) is 0 Å². The van der Waals surface area contributed by atoms with Crippen LogP contribution in [-0.4, -0.2) is 19.1 Å². The minimum absolute atomic E-state index is 0.543. The largest absolute Gasteiger partial charge is 0.367 e. The Morgan fingerprint density at radius 1 is 1.29 bits per heavy atom. The molecule has 2 heteroatoms. The molecule has 2 nitrogen and oxygen atoms in total. The van der Waals surface area contributed by atoms with Crippen LogP contribution in [0.2, 0.25) is 0 Å². The minimum atomic E-state index is 0.543. The molecule has 0 aliphatic carbocycles. The predicted molar refractivity (Wildman–Crippen MR) is 74.5 cm³/mol. The number of anilines is 1. The van der Waals surface area contributed by atoms with E-state index in [9.17, 15) is 0 Å². The van der Waals surface area contributed by atoms with E-state index in [1.54, 1.807) is 0 Å². The predicted octanol–water partition coefficient (Wildman–Crippen LogP) is 2.96. The molecule has 0 radical (unpaired) electrons. The molecule has 1 aliphatic rings. The highest BCUT2D eigenvalue weighted by Gasteiger charge is 2.24. The van der Waals surface area contributed by atoms with Crippen LogP contribution in [0.3, 0.4) is 0 Å². The fraction of sp³-hybridized carbons (Fsp3) is 0.600. The summed E-state index contributed by atoms with van der Waals surface area (Å²) in [4.78, 5) is 2.54. The Hall–Kier alpha value is -1.02. The van der Waals surface area contributed by atoms with Gasteiger partial charge in [0.2, 0.25) is 0 Å². The molecular weight excluding hydrogens is 208 g/mol. The summed E-state index contributed by atoms with van der Waals surface area (Å²) in [5.74, 6) is 0. The van der Waals surface area contributed by atoms with Crippen LogP contribution in [0.25, 0.3) is 0 Å². The first kappa shape index (κ1) is 12.4. The normalized spacial score (nSPS) is 19.2. The zero-order valence-electron chi connectivity index (χ0n) is 10.9. The van der Waals surface area contributed by atoms with Gasteiger partial charge in [-0.15, -0.1) is 0 Å². The second kappa shape index (κ2) is 6.06. The summed E-state index contributed by atoms with van der Waals surface area (Å²) in [6, 6.07) is 9.34. The van der Waals surface area contributed by atoms with E-state index in [1.807, 2.05) is 0 Å². The molecule has 0 bridgehead atoms. The third-order valence-electron chi connectivity index (χ3n) is 3.76. The Labute approximate surface area is 105 Å². The minimum Gasteiger partial charge on any atom is -0.367 e. The molecule has 0 fully saturated rings. The van der Waals surface area contributed by atoms with E-state index in [0.717, 1.165) is 13.1 Å². The van der Waals surface area contributed by atoms with E-state index in [0.29, 0.717) is 6.04 Å². The first-order chi connectivity index (χ1) is 8.36. The zero-order chi connectivity index (χ0) is 12.1. The Kier molecular flexibility index (Phi) is 4.43. The summed E-state index contributed by atoms with van der Waals surface area (Å²) in [6.07, 6.45) is 6.27. The number of fused-ring (bicyclic) bond motifs is 1. The molecule has 0 aromatic heterocycles. The Morgan fingerprint density at radius 2 is 2.12 bits per heavy atom. The van der Waals surface area contributed by atoms with Crippen molar-refractivity contribution in [3.63, 3.8) is 0 Å². The number of hydrogen-bond acceptors (Lipinski definition) is 2. The molecule has 2 rings (SSSR count). The van der Waals surface area contributed by atoms with Gasteiger partial charge in [0.1, 0.15) is 0 Å². The van der Waals surface area contributed by atoms with Crippen LogP contribution in [0.5, 0.6) is 0 Å². The van der Waals surface area contributed by atoms with Crippen molar-refractivity contribution >= 4 is 5.69 Å². The van der Waals surface area contributed by atoms with Crippen LogP contribution < -0.4 is 10.6 Å². The molecular formula is C15H24N2. The average Bonchev–Trinajstić information content (AvgIpc) is 2.39. The van der Waals surface area contributed by atoms with E-state index in [2.05, 4.69) is 36.1 Å². The van der Waals surface area contributed by atoms with Gasteiger partial charge in [-0.3, -0.25) is 0 Å². The standard InChI is InChI=1S/C15H24N2/c1-2-3-6-11-17-14(12-16)10-9-13-7-4-5-8-15(13)17/h4-5,7-8,14H,2-3,6,9-12,16H2,1H3. The van der Waals surface area contributed by atoms with E-state index in [1.165, 1.54) is 43.4 Å². The highest BCUT2D eigenvalue weighted by Crippen LogP contribution is 2.30. The number of para-hydroxylation sites is 1. The van der Waals surface area contributed by atoms with Gasteiger partial charge >= 0.3 is 0 Å². The van der Waals surface area contributed by atoms with Gasteiger partial charge in [-0.1, -0.05) is 38.0 Å². The molecule has 1 aromatic rings. The van der Waals surface area contributed by atoms with Crippen LogP contribution in [0.1, 0.15) is 38.2 Å². The maximum atomic E-state index is 5.91. The number of hydrogen-bond donors (Lipinski definition) is 1. The Balaban J connectivity index is 2.13. The fourth-order valence-electron chi connectivity index (χ4n) is 2.76. The topological polar surface area (TPSA) is 29.3 Å². The summed E-state index contributed by atoms with van der Waals surface area (Å²) < 4.78 is 0. The molecule has 1 atom stereocenters. The van der Waals surface area contributed by atoms with Crippen LogP contribution >= 0.6 is 0 Å². The monoisotopic (exact) mass is 232 g/mol. The smallest absolute Gasteiger partial charge is 0.0415 e. The Morgan fingerprint density at radius 3 is 2.88 bits per heavy atom. The number of benzene rings is 1. The third-order valence-corrected chi connectivity index (χ3v) is 3.76. The second-order valence-electron chi connectivity index (χ2n) is 4.96. The van der Waals surface area contributed by atoms with E-state index in [-0.39, 0.29) is 0 Å². The fourth-order valence-corrected chi connectivity index (χ4v) is 2.76. The molecule has 17 heavy (non-hydrogen) atoms. The lowest BCUT2D eigenvalue weighted by molar-refractivity contribution is 0.519. The molecule has 1 unspecified atom stereocenters. The van der Waals surface area contributed by atoms with Crippen LogP contribution in [0, 0.1) is 0 Å². The van der Waals surface area contributed by atoms with Crippen LogP contribution in [0.4, 0.5) is 5.69 Å². The maximum absolute atomic E-state index is 5.91. The van der Waals surface area contributed by atoms with Gasteiger partial charge in [-0.05, 0) is 30.9 Å².